The molecule has 3 heterocycles. The standard InChI is InChI=1S/C25H29N5O3/c1-30-14-18-11-21(30)12-19(18)15-33-23-9-16(5-7-26-23)13-28-20-3-4-22-17(10-20)6-8-27-24(22)29-25(31)32-2/h3-10,18-19,21,28H,11-15H2,1-2H3,(H,27,29,31). The van der Waals surface area contributed by atoms with Gasteiger partial charge < -0.3 is 19.7 Å². The van der Waals surface area contributed by atoms with Gasteiger partial charge in [-0.3, -0.25) is 5.32 Å². The number of aromatic nitrogens is 2. The SMILES string of the molecule is COC(=O)Nc1nccc2cc(NCc3ccnc(OCC4CC5CC4CN5C)c3)ccc12. The number of nitrogens with zero attached hydrogens (tertiary/aromatic N) is 3. The number of carbonyl (C=O) groups excluding carboxylic acids is 1. The van der Waals surface area contributed by atoms with Crippen molar-refractivity contribution in [3.63, 3.8) is 0 Å². The molecule has 0 spiro atoms. The second-order valence-corrected chi connectivity index (χ2v) is 8.96. The average molecular weight is 448 g/mol. The van der Waals surface area contributed by atoms with E-state index in [9.17, 15) is 4.79 Å². The summed E-state index contributed by atoms with van der Waals surface area (Å²) in [4.78, 5) is 22.7. The molecule has 3 unspecified atom stereocenters. The van der Waals surface area contributed by atoms with Crippen molar-refractivity contribution in [1.82, 2.24) is 14.9 Å². The summed E-state index contributed by atoms with van der Waals surface area (Å²) in [6, 6.07) is 12.6. The van der Waals surface area contributed by atoms with E-state index in [2.05, 4.69) is 37.3 Å². The van der Waals surface area contributed by atoms with Crippen molar-refractivity contribution in [2.24, 2.45) is 11.8 Å². The first-order valence-electron chi connectivity index (χ1n) is 11.3. The van der Waals surface area contributed by atoms with Crippen molar-refractivity contribution < 1.29 is 14.3 Å². The van der Waals surface area contributed by atoms with Gasteiger partial charge in [0, 0.05) is 48.7 Å². The average Bonchev–Trinajstić information content (AvgIpc) is 3.41. The van der Waals surface area contributed by atoms with Crippen LogP contribution in [0.25, 0.3) is 10.8 Å². The number of rotatable bonds is 7. The molecule has 3 atom stereocenters. The van der Waals surface area contributed by atoms with Gasteiger partial charge in [-0.05, 0) is 73.0 Å². The number of anilines is 2. The van der Waals surface area contributed by atoms with Gasteiger partial charge in [0.2, 0.25) is 5.88 Å². The molecule has 33 heavy (non-hydrogen) atoms. The fraction of sp³-hybridized carbons (Fsp3) is 0.400. The van der Waals surface area contributed by atoms with E-state index in [0.29, 0.717) is 24.2 Å². The summed E-state index contributed by atoms with van der Waals surface area (Å²) >= 11 is 0. The molecule has 2 bridgehead atoms. The first kappa shape index (κ1) is 21.5. The molecule has 1 saturated heterocycles. The number of methoxy groups -OCH3 is 1. The van der Waals surface area contributed by atoms with Crippen LogP contribution in [0.3, 0.4) is 0 Å². The molecule has 8 heteroatoms. The molecule has 1 amide bonds. The minimum atomic E-state index is -0.541. The van der Waals surface area contributed by atoms with Crippen molar-refractivity contribution in [3.8, 4) is 5.88 Å². The number of pyridine rings is 2. The lowest BCUT2D eigenvalue weighted by atomic mass is 9.96. The Kier molecular flexibility index (Phi) is 6.00. The number of piperidine rings is 1. The number of amides is 1. The molecule has 2 aliphatic rings. The Morgan fingerprint density at radius 1 is 1.15 bits per heavy atom. The van der Waals surface area contributed by atoms with E-state index < -0.39 is 6.09 Å². The van der Waals surface area contributed by atoms with Gasteiger partial charge in [0.1, 0.15) is 5.82 Å². The van der Waals surface area contributed by atoms with Gasteiger partial charge in [-0.2, -0.15) is 0 Å². The second kappa shape index (κ2) is 9.23. The second-order valence-electron chi connectivity index (χ2n) is 8.96. The topological polar surface area (TPSA) is 88.6 Å². The predicted octanol–water partition coefficient (Wildman–Crippen LogP) is 4.14. The zero-order valence-electron chi connectivity index (χ0n) is 19.0. The van der Waals surface area contributed by atoms with Gasteiger partial charge in [-0.15, -0.1) is 0 Å². The van der Waals surface area contributed by atoms with E-state index in [0.717, 1.165) is 40.6 Å². The Hall–Kier alpha value is -3.39. The summed E-state index contributed by atoms with van der Waals surface area (Å²) in [5.74, 6) is 2.56. The fourth-order valence-electron chi connectivity index (χ4n) is 5.06. The Morgan fingerprint density at radius 2 is 2.03 bits per heavy atom. The normalized spacial score (nSPS) is 21.8. The zero-order chi connectivity index (χ0) is 22.8. The number of benzene rings is 1. The van der Waals surface area contributed by atoms with Crippen LogP contribution < -0.4 is 15.4 Å². The summed E-state index contributed by atoms with van der Waals surface area (Å²) in [6.07, 6.45) is 5.47. The third-order valence-electron chi connectivity index (χ3n) is 6.87. The van der Waals surface area contributed by atoms with Gasteiger partial charge in [0.05, 0.1) is 13.7 Å². The van der Waals surface area contributed by atoms with E-state index in [1.807, 2.05) is 36.4 Å². The van der Waals surface area contributed by atoms with E-state index in [4.69, 9.17) is 4.74 Å². The molecule has 2 fully saturated rings. The lowest BCUT2D eigenvalue weighted by molar-refractivity contribution is 0.149. The lowest BCUT2D eigenvalue weighted by Crippen LogP contribution is -2.34. The van der Waals surface area contributed by atoms with E-state index in [-0.39, 0.29) is 0 Å². The number of carbonyl (C=O) groups is 1. The van der Waals surface area contributed by atoms with Gasteiger partial charge in [-0.25, -0.2) is 14.8 Å². The highest BCUT2D eigenvalue weighted by Gasteiger charge is 2.43. The van der Waals surface area contributed by atoms with Crippen LogP contribution in [0.15, 0.2) is 48.8 Å². The number of likely N-dealkylation sites (tertiary alicyclic amines) is 1. The van der Waals surface area contributed by atoms with Gasteiger partial charge in [-0.1, -0.05) is 0 Å². The number of nitrogens with one attached hydrogen (secondary N) is 2. The molecule has 1 saturated carbocycles. The zero-order valence-corrected chi connectivity index (χ0v) is 19.0. The first-order valence-corrected chi connectivity index (χ1v) is 11.3. The molecule has 8 nitrogen and oxygen atoms in total. The molecular formula is C25H29N5O3. The van der Waals surface area contributed by atoms with Crippen molar-refractivity contribution in [3.05, 3.63) is 54.4 Å². The van der Waals surface area contributed by atoms with E-state index in [1.165, 1.54) is 26.5 Å². The summed E-state index contributed by atoms with van der Waals surface area (Å²) in [6.45, 7) is 2.60. The van der Waals surface area contributed by atoms with Crippen molar-refractivity contribution >= 4 is 28.4 Å². The summed E-state index contributed by atoms with van der Waals surface area (Å²) in [7, 11) is 3.56. The minimum absolute atomic E-state index is 0.476. The van der Waals surface area contributed by atoms with Crippen LogP contribution in [-0.4, -0.2) is 54.3 Å². The molecule has 2 N–H and O–H groups in total. The number of hydrogen-bond donors (Lipinski definition) is 2. The van der Waals surface area contributed by atoms with Crippen LogP contribution in [0.2, 0.25) is 0 Å². The van der Waals surface area contributed by atoms with Gasteiger partial charge in [0.15, 0.2) is 0 Å². The monoisotopic (exact) mass is 447 g/mol. The maximum atomic E-state index is 11.5. The Labute approximate surface area is 193 Å². The summed E-state index contributed by atoms with van der Waals surface area (Å²) < 4.78 is 10.7. The molecule has 5 rings (SSSR count). The Balaban J connectivity index is 1.19. The van der Waals surface area contributed by atoms with E-state index in [1.54, 1.807) is 12.4 Å². The molecule has 0 radical (unpaired) electrons. The van der Waals surface area contributed by atoms with Crippen LogP contribution in [0.4, 0.5) is 16.3 Å². The number of ether oxygens (including phenoxy) is 2. The molecule has 172 valence electrons. The van der Waals surface area contributed by atoms with Gasteiger partial charge >= 0.3 is 6.09 Å². The number of hydrogen-bond acceptors (Lipinski definition) is 7. The van der Waals surface area contributed by atoms with Crippen molar-refractivity contribution in [2.75, 3.05) is 37.9 Å². The lowest BCUT2D eigenvalue weighted by Gasteiger charge is -2.28. The summed E-state index contributed by atoms with van der Waals surface area (Å²) in [5, 5.41) is 7.92. The first-order chi connectivity index (χ1) is 16.1. The molecule has 2 aromatic heterocycles. The molecular weight excluding hydrogens is 418 g/mol. The van der Waals surface area contributed by atoms with Crippen molar-refractivity contribution in [1.29, 1.82) is 0 Å². The van der Waals surface area contributed by atoms with Crippen LogP contribution in [0.1, 0.15) is 18.4 Å². The highest BCUT2D eigenvalue weighted by molar-refractivity contribution is 5.99. The maximum Gasteiger partial charge on any atom is 0.412 e. The summed E-state index contributed by atoms with van der Waals surface area (Å²) in [5.41, 5.74) is 2.08. The number of fused-ring (bicyclic) bond motifs is 3. The fourth-order valence-corrected chi connectivity index (χ4v) is 5.06. The van der Waals surface area contributed by atoms with Crippen LogP contribution in [0, 0.1) is 11.8 Å². The molecule has 1 aliphatic heterocycles. The maximum absolute atomic E-state index is 11.5. The predicted molar refractivity (Wildman–Crippen MR) is 127 cm³/mol. The van der Waals surface area contributed by atoms with Crippen LogP contribution in [0.5, 0.6) is 5.88 Å². The molecule has 1 aliphatic carbocycles. The molecule has 1 aromatic carbocycles. The molecule has 3 aromatic rings. The smallest absolute Gasteiger partial charge is 0.412 e. The van der Waals surface area contributed by atoms with Gasteiger partial charge in [0.25, 0.3) is 0 Å². The van der Waals surface area contributed by atoms with E-state index >= 15 is 0 Å². The quantitative estimate of drug-likeness (QED) is 0.563. The van der Waals surface area contributed by atoms with Crippen LogP contribution >= 0.6 is 0 Å². The van der Waals surface area contributed by atoms with Crippen LogP contribution in [-0.2, 0) is 11.3 Å². The van der Waals surface area contributed by atoms with Crippen molar-refractivity contribution in [2.45, 2.75) is 25.4 Å². The third kappa shape index (κ3) is 4.71. The largest absolute Gasteiger partial charge is 0.477 e. The third-order valence-corrected chi connectivity index (χ3v) is 6.87. The highest BCUT2D eigenvalue weighted by Crippen LogP contribution is 2.41. The Bertz CT molecular complexity index is 1150. The highest BCUT2D eigenvalue weighted by atomic mass is 16.5. The Morgan fingerprint density at radius 3 is 2.82 bits per heavy atom. The minimum Gasteiger partial charge on any atom is -0.477 e.